The van der Waals surface area contributed by atoms with E-state index in [1.54, 1.807) is 0 Å². The highest BCUT2D eigenvalue weighted by molar-refractivity contribution is 6.74. The van der Waals surface area contributed by atoms with Gasteiger partial charge < -0.3 is 14.3 Å². The largest absolute Gasteiger partial charge is 0.466 e. The summed E-state index contributed by atoms with van der Waals surface area (Å²) in [6.45, 7) is 13.3. The van der Waals surface area contributed by atoms with Crippen molar-refractivity contribution in [1.82, 2.24) is 0 Å². The van der Waals surface area contributed by atoms with Crippen molar-refractivity contribution in [3.63, 3.8) is 0 Å². The number of carbonyl (C=O) groups excluding carboxylic acids is 1. The highest BCUT2D eigenvalue weighted by Gasteiger charge is 2.45. The molecule has 0 radical (unpaired) electrons. The van der Waals surface area contributed by atoms with Crippen LogP contribution in [0.1, 0.15) is 40.5 Å². The lowest BCUT2D eigenvalue weighted by Crippen LogP contribution is -2.43. The average molecular weight is 302 g/mol. The van der Waals surface area contributed by atoms with Crippen molar-refractivity contribution in [2.75, 3.05) is 13.2 Å². The van der Waals surface area contributed by atoms with Gasteiger partial charge in [-0.2, -0.15) is 0 Å². The van der Waals surface area contributed by atoms with Crippen molar-refractivity contribution < 1.29 is 19.1 Å². The highest BCUT2D eigenvalue weighted by Crippen LogP contribution is 2.42. The first-order valence-electron chi connectivity index (χ1n) is 7.57. The van der Waals surface area contributed by atoms with Gasteiger partial charge in [0.15, 0.2) is 8.32 Å². The number of hydrogen-bond donors (Lipinski definition) is 1. The molecule has 1 saturated carbocycles. The summed E-state index contributed by atoms with van der Waals surface area (Å²) in [7, 11) is -1.83. The van der Waals surface area contributed by atoms with Crippen LogP contribution in [0.2, 0.25) is 18.1 Å². The Morgan fingerprint density at radius 1 is 1.30 bits per heavy atom. The van der Waals surface area contributed by atoms with E-state index in [1.165, 1.54) is 0 Å². The molecule has 0 bridgehead atoms. The first-order valence-corrected chi connectivity index (χ1v) is 10.5. The lowest BCUT2D eigenvalue weighted by Gasteiger charge is -2.38. The number of aliphatic hydroxyl groups excluding tert-OH is 1. The van der Waals surface area contributed by atoms with E-state index < -0.39 is 8.32 Å². The van der Waals surface area contributed by atoms with E-state index in [2.05, 4.69) is 33.9 Å². The van der Waals surface area contributed by atoms with Gasteiger partial charge in [-0.15, -0.1) is 0 Å². The van der Waals surface area contributed by atoms with Gasteiger partial charge >= 0.3 is 5.97 Å². The Morgan fingerprint density at radius 3 is 2.35 bits per heavy atom. The van der Waals surface area contributed by atoms with Crippen LogP contribution in [-0.4, -0.2) is 38.7 Å². The third kappa shape index (κ3) is 4.05. The Morgan fingerprint density at radius 2 is 1.90 bits per heavy atom. The monoisotopic (exact) mass is 302 g/mol. The third-order valence-corrected chi connectivity index (χ3v) is 9.28. The molecule has 3 unspecified atom stereocenters. The Hall–Kier alpha value is -0.393. The van der Waals surface area contributed by atoms with Crippen LogP contribution in [0.3, 0.4) is 0 Å². The number of ether oxygens (including phenoxy) is 1. The van der Waals surface area contributed by atoms with Crippen LogP contribution < -0.4 is 0 Å². The summed E-state index contributed by atoms with van der Waals surface area (Å²) < 4.78 is 11.5. The maximum absolute atomic E-state index is 11.9. The number of carbonyl (C=O) groups is 1. The molecule has 3 atom stereocenters. The molecular formula is C15H30O4Si. The van der Waals surface area contributed by atoms with Gasteiger partial charge in [-0.25, -0.2) is 0 Å². The van der Waals surface area contributed by atoms with E-state index in [1.807, 2.05) is 6.92 Å². The third-order valence-electron chi connectivity index (χ3n) is 4.74. The first-order chi connectivity index (χ1) is 9.12. The molecule has 20 heavy (non-hydrogen) atoms. The fraction of sp³-hybridized carbons (Fsp3) is 0.933. The Balaban J connectivity index is 2.70. The molecule has 0 spiro atoms. The van der Waals surface area contributed by atoms with Crippen molar-refractivity contribution in [2.45, 2.75) is 64.8 Å². The first kappa shape index (κ1) is 17.7. The zero-order valence-electron chi connectivity index (χ0n) is 13.7. The molecule has 5 heteroatoms. The smallest absolute Gasteiger partial charge is 0.309 e. The van der Waals surface area contributed by atoms with E-state index in [9.17, 15) is 9.90 Å². The molecule has 1 fully saturated rings. The summed E-state index contributed by atoms with van der Waals surface area (Å²) >= 11 is 0. The lowest BCUT2D eigenvalue weighted by molar-refractivity contribution is -0.149. The van der Waals surface area contributed by atoms with Gasteiger partial charge in [0.2, 0.25) is 0 Å². The zero-order chi connectivity index (χ0) is 15.6. The van der Waals surface area contributed by atoms with Crippen molar-refractivity contribution in [3.05, 3.63) is 0 Å². The van der Waals surface area contributed by atoms with Crippen LogP contribution in [0.15, 0.2) is 0 Å². The molecule has 0 saturated heterocycles. The normalized spacial score (nSPS) is 27.6. The minimum absolute atomic E-state index is 0.0242. The van der Waals surface area contributed by atoms with Crippen LogP contribution in [-0.2, 0) is 14.0 Å². The number of aliphatic hydroxyl groups is 1. The molecule has 0 amide bonds. The second-order valence-electron chi connectivity index (χ2n) is 7.27. The van der Waals surface area contributed by atoms with Gasteiger partial charge in [0.1, 0.15) is 0 Å². The van der Waals surface area contributed by atoms with Gasteiger partial charge in [-0.1, -0.05) is 20.8 Å². The van der Waals surface area contributed by atoms with Crippen LogP contribution in [0.4, 0.5) is 0 Å². The predicted molar refractivity (Wildman–Crippen MR) is 82.0 cm³/mol. The SMILES string of the molecule is CCOC(=O)C1CC(O[Si](C)(C)C(C)(C)C)CC1CO. The summed E-state index contributed by atoms with van der Waals surface area (Å²) in [5, 5.41) is 9.63. The van der Waals surface area contributed by atoms with E-state index in [4.69, 9.17) is 9.16 Å². The summed E-state index contributed by atoms with van der Waals surface area (Å²) in [6, 6.07) is 0. The van der Waals surface area contributed by atoms with Crippen LogP contribution in [0.25, 0.3) is 0 Å². The van der Waals surface area contributed by atoms with Crippen molar-refractivity contribution in [3.8, 4) is 0 Å². The topological polar surface area (TPSA) is 55.8 Å². The zero-order valence-corrected chi connectivity index (χ0v) is 14.7. The fourth-order valence-electron chi connectivity index (χ4n) is 2.50. The Bertz CT molecular complexity index is 335. The van der Waals surface area contributed by atoms with Crippen LogP contribution >= 0.6 is 0 Å². The molecule has 0 heterocycles. The number of esters is 1. The molecule has 0 aliphatic heterocycles. The van der Waals surface area contributed by atoms with Crippen molar-refractivity contribution >= 4 is 14.3 Å². The Labute approximate surface area is 124 Å². The molecule has 1 rings (SSSR count). The quantitative estimate of drug-likeness (QED) is 0.626. The van der Waals surface area contributed by atoms with Crippen LogP contribution in [0.5, 0.6) is 0 Å². The molecule has 0 aromatic heterocycles. The Kier molecular flexibility index (Phi) is 5.81. The van der Waals surface area contributed by atoms with Gasteiger partial charge in [-0.05, 0) is 43.8 Å². The minimum Gasteiger partial charge on any atom is -0.466 e. The maximum Gasteiger partial charge on any atom is 0.309 e. The summed E-state index contributed by atoms with van der Waals surface area (Å²) in [5.41, 5.74) is 0. The summed E-state index contributed by atoms with van der Waals surface area (Å²) in [5.74, 6) is -0.425. The fourth-order valence-corrected chi connectivity index (χ4v) is 3.88. The molecule has 118 valence electrons. The van der Waals surface area contributed by atoms with E-state index in [0.29, 0.717) is 13.0 Å². The number of hydrogen-bond acceptors (Lipinski definition) is 4. The van der Waals surface area contributed by atoms with E-state index in [0.717, 1.165) is 6.42 Å². The molecule has 1 N–H and O–H groups in total. The standard InChI is InChI=1S/C15H30O4Si/c1-7-18-14(17)13-9-12(8-11(13)10-16)19-20(5,6)15(2,3)4/h11-13,16H,7-10H2,1-6H3. The molecule has 1 aliphatic carbocycles. The van der Waals surface area contributed by atoms with Crippen molar-refractivity contribution in [1.29, 1.82) is 0 Å². The lowest BCUT2D eigenvalue weighted by atomic mass is 9.97. The van der Waals surface area contributed by atoms with Gasteiger partial charge in [0.05, 0.1) is 12.5 Å². The number of rotatable bonds is 5. The second kappa shape index (κ2) is 6.58. The summed E-state index contributed by atoms with van der Waals surface area (Å²) in [6.07, 6.45) is 1.51. The second-order valence-corrected chi connectivity index (χ2v) is 12.0. The van der Waals surface area contributed by atoms with Crippen LogP contribution in [0, 0.1) is 11.8 Å². The summed E-state index contributed by atoms with van der Waals surface area (Å²) in [4.78, 5) is 11.9. The van der Waals surface area contributed by atoms with Gasteiger partial charge in [0.25, 0.3) is 0 Å². The van der Waals surface area contributed by atoms with Crippen molar-refractivity contribution in [2.24, 2.45) is 11.8 Å². The molecule has 1 aliphatic rings. The average Bonchev–Trinajstić information content (AvgIpc) is 2.70. The molecule has 0 aromatic rings. The molecule has 4 nitrogen and oxygen atoms in total. The van der Waals surface area contributed by atoms with Gasteiger partial charge in [-0.3, -0.25) is 4.79 Å². The molecular weight excluding hydrogens is 272 g/mol. The predicted octanol–water partition coefficient (Wildman–Crippen LogP) is 2.96. The minimum atomic E-state index is -1.83. The highest BCUT2D eigenvalue weighted by atomic mass is 28.4. The van der Waals surface area contributed by atoms with E-state index in [-0.39, 0.29) is 35.6 Å². The molecule has 0 aromatic carbocycles. The van der Waals surface area contributed by atoms with Gasteiger partial charge in [0, 0.05) is 12.7 Å². The maximum atomic E-state index is 11.9. The van der Waals surface area contributed by atoms with E-state index >= 15 is 0 Å².